The second-order valence-corrected chi connectivity index (χ2v) is 6.51. The molecule has 0 atom stereocenters. The van der Waals surface area contributed by atoms with Gasteiger partial charge < -0.3 is 10.6 Å². The van der Waals surface area contributed by atoms with Crippen LogP contribution in [0.25, 0.3) is 0 Å². The van der Waals surface area contributed by atoms with Gasteiger partial charge in [0.25, 0.3) is 0 Å². The van der Waals surface area contributed by atoms with Gasteiger partial charge in [-0.3, -0.25) is 4.68 Å². The van der Waals surface area contributed by atoms with E-state index in [1.54, 1.807) is 24.4 Å². The van der Waals surface area contributed by atoms with Crippen LogP contribution >= 0.6 is 51.3 Å². The van der Waals surface area contributed by atoms with Crippen molar-refractivity contribution >= 4 is 62.1 Å². The Hall–Kier alpha value is -0.820. The molecule has 0 radical (unpaired) electrons. The van der Waals surface area contributed by atoms with E-state index in [2.05, 4.69) is 31.7 Å². The van der Waals surface area contributed by atoms with Gasteiger partial charge in [-0.05, 0) is 52.8 Å². The Kier molecular flexibility index (Phi) is 6.29. The van der Waals surface area contributed by atoms with Gasteiger partial charge in [-0.15, -0.1) is 0 Å². The second kappa shape index (κ2) is 7.98. The standard InChI is InChI=1S/C13H13BrCl2N4S/c14-9-7-18-20(8-9)3-1-2-17-13(21)19-12-5-10(15)4-11(16)6-12/h4-8H,1-3H2,(H2,17,19,21). The number of benzene rings is 1. The molecule has 0 aliphatic heterocycles. The number of aromatic nitrogens is 2. The number of hydrogen-bond acceptors (Lipinski definition) is 2. The number of hydrogen-bond donors (Lipinski definition) is 2. The Balaban J connectivity index is 1.72. The zero-order chi connectivity index (χ0) is 15.2. The van der Waals surface area contributed by atoms with E-state index in [9.17, 15) is 0 Å². The third-order valence-corrected chi connectivity index (χ3v) is 3.66. The van der Waals surface area contributed by atoms with Crippen LogP contribution in [0.5, 0.6) is 0 Å². The summed E-state index contributed by atoms with van der Waals surface area (Å²) in [5.41, 5.74) is 0.765. The van der Waals surface area contributed by atoms with Gasteiger partial charge in [-0.2, -0.15) is 5.10 Å². The number of thiocarbonyl (C=S) groups is 1. The van der Waals surface area contributed by atoms with Crippen LogP contribution in [0.3, 0.4) is 0 Å². The lowest BCUT2D eigenvalue weighted by molar-refractivity contribution is 0.573. The summed E-state index contributed by atoms with van der Waals surface area (Å²) < 4.78 is 2.85. The zero-order valence-corrected chi connectivity index (χ0v) is 14.9. The first-order valence-electron chi connectivity index (χ1n) is 6.22. The molecule has 0 bridgehead atoms. The van der Waals surface area contributed by atoms with E-state index < -0.39 is 0 Å². The van der Waals surface area contributed by atoms with Gasteiger partial charge in [0.05, 0.1) is 10.7 Å². The molecule has 0 fully saturated rings. The van der Waals surface area contributed by atoms with Gasteiger partial charge in [-0.25, -0.2) is 0 Å². The lowest BCUT2D eigenvalue weighted by atomic mass is 10.3. The Morgan fingerprint density at radius 2 is 2.00 bits per heavy atom. The summed E-state index contributed by atoms with van der Waals surface area (Å²) in [6, 6.07) is 5.21. The molecule has 4 nitrogen and oxygen atoms in total. The summed E-state index contributed by atoms with van der Waals surface area (Å²) in [4.78, 5) is 0. The average molecular weight is 408 g/mol. The molecule has 8 heteroatoms. The quantitative estimate of drug-likeness (QED) is 0.571. The van der Waals surface area contributed by atoms with E-state index >= 15 is 0 Å². The first-order chi connectivity index (χ1) is 10.0. The molecule has 2 N–H and O–H groups in total. The number of aryl methyl sites for hydroxylation is 1. The smallest absolute Gasteiger partial charge is 0.170 e. The minimum absolute atomic E-state index is 0.537. The molecule has 2 aromatic rings. The predicted molar refractivity (Wildman–Crippen MR) is 95.2 cm³/mol. The number of rotatable bonds is 5. The second-order valence-electron chi connectivity index (χ2n) is 4.31. The Labute approximate surface area is 146 Å². The fourth-order valence-electron chi connectivity index (χ4n) is 1.70. The number of halogens is 3. The lowest BCUT2D eigenvalue weighted by Gasteiger charge is -2.11. The average Bonchev–Trinajstić information content (AvgIpc) is 2.79. The van der Waals surface area contributed by atoms with Crippen LogP contribution in [0, 0.1) is 0 Å². The number of nitrogens with zero attached hydrogens (tertiary/aromatic N) is 2. The van der Waals surface area contributed by atoms with Gasteiger partial charge in [0.2, 0.25) is 0 Å². The summed E-state index contributed by atoms with van der Waals surface area (Å²) in [7, 11) is 0. The molecule has 1 aromatic carbocycles. The highest BCUT2D eigenvalue weighted by molar-refractivity contribution is 9.10. The normalized spacial score (nSPS) is 10.4. The highest BCUT2D eigenvalue weighted by Gasteiger charge is 2.01. The van der Waals surface area contributed by atoms with Crippen molar-refractivity contribution in [2.24, 2.45) is 0 Å². The molecule has 0 aliphatic carbocycles. The van der Waals surface area contributed by atoms with Crippen LogP contribution < -0.4 is 10.6 Å². The molecular weight excluding hydrogens is 395 g/mol. The molecule has 0 amide bonds. The fraction of sp³-hybridized carbons (Fsp3) is 0.231. The minimum atomic E-state index is 0.537. The third kappa shape index (κ3) is 5.82. The molecular formula is C13H13BrCl2N4S. The van der Waals surface area contributed by atoms with Gasteiger partial charge in [0.15, 0.2) is 5.11 Å². The van der Waals surface area contributed by atoms with E-state index in [0.717, 1.165) is 29.7 Å². The maximum absolute atomic E-state index is 5.93. The van der Waals surface area contributed by atoms with Crippen LogP contribution in [-0.2, 0) is 6.54 Å². The van der Waals surface area contributed by atoms with Crippen molar-refractivity contribution in [2.45, 2.75) is 13.0 Å². The van der Waals surface area contributed by atoms with Crippen molar-refractivity contribution in [3.63, 3.8) is 0 Å². The molecule has 0 aliphatic rings. The van der Waals surface area contributed by atoms with Gasteiger partial charge >= 0.3 is 0 Å². The molecule has 112 valence electrons. The molecule has 0 saturated heterocycles. The van der Waals surface area contributed by atoms with Crippen molar-refractivity contribution in [3.8, 4) is 0 Å². The van der Waals surface area contributed by atoms with Crippen molar-refractivity contribution in [3.05, 3.63) is 45.1 Å². The fourth-order valence-corrected chi connectivity index (χ4v) is 2.78. The van der Waals surface area contributed by atoms with Crippen LogP contribution in [-0.4, -0.2) is 21.4 Å². The first-order valence-corrected chi connectivity index (χ1v) is 8.17. The molecule has 2 rings (SSSR count). The van der Waals surface area contributed by atoms with Crippen LogP contribution in [0.15, 0.2) is 35.1 Å². The van der Waals surface area contributed by atoms with Gasteiger partial charge in [0, 0.05) is 35.0 Å². The van der Waals surface area contributed by atoms with Crippen LogP contribution in [0.2, 0.25) is 10.0 Å². The van der Waals surface area contributed by atoms with Crippen LogP contribution in [0.4, 0.5) is 5.69 Å². The minimum Gasteiger partial charge on any atom is -0.362 e. The van der Waals surface area contributed by atoms with E-state index in [0.29, 0.717) is 15.2 Å². The lowest BCUT2D eigenvalue weighted by Crippen LogP contribution is -2.29. The van der Waals surface area contributed by atoms with Gasteiger partial charge in [-0.1, -0.05) is 23.2 Å². The van der Waals surface area contributed by atoms with Crippen molar-refractivity contribution in [1.82, 2.24) is 15.1 Å². The van der Waals surface area contributed by atoms with E-state index in [-0.39, 0.29) is 0 Å². The SMILES string of the molecule is S=C(NCCCn1cc(Br)cn1)Nc1cc(Cl)cc(Cl)c1. The van der Waals surface area contributed by atoms with Crippen molar-refractivity contribution in [2.75, 3.05) is 11.9 Å². The topological polar surface area (TPSA) is 41.9 Å². The summed E-state index contributed by atoms with van der Waals surface area (Å²) in [5, 5.41) is 12.0. The third-order valence-electron chi connectivity index (χ3n) is 2.57. The van der Waals surface area contributed by atoms with Crippen molar-refractivity contribution in [1.29, 1.82) is 0 Å². The molecule has 0 unspecified atom stereocenters. The van der Waals surface area contributed by atoms with E-state index in [1.807, 2.05) is 10.9 Å². The summed E-state index contributed by atoms with van der Waals surface area (Å²) in [6.07, 6.45) is 4.61. The Bertz CT molecular complexity index is 612. The van der Waals surface area contributed by atoms with E-state index in [4.69, 9.17) is 35.4 Å². The number of nitrogens with one attached hydrogen (secondary N) is 2. The Morgan fingerprint density at radius 3 is 2.62 bits per heavy atom. The summed E-state index contributed by atoms with van der Waals surface area (Å²) in [6.45, 7) is 1.57. The summed E-state index contributed by atoms with van der Waals surface area (Å²) >= 11 is 20.4. The molecule has 0 saturated carbocycles. The molecule has 21 heavy (non-hydrogen) atoms. The maximum atomic E-state index is 5.93. The Morgan fingerprint density at radius 1 is 1.29 bits per heavy atom. The maximum Gasteiger partial charge on any atom is 0.170 e. The molecule has 1 heterocycles. The largest absolute Gasteiger partial charge is 0.362 e. The van der Waals surface area contributed by atoms with Gasteiger partial charge in [0.1, 0.15) is 0 Å². The predicted octanol–water partition coefficient (Wildman–Crippen LogP) is 4.33. The summed E-state index contributed by atoms with van der Waals surface area (Å²) in [5.74, 6) is 0. The monoisotopic (exact) mass is 406 g/mol. The highest BCUT2D eigenvalue weighted by Crippen LogP contribution is 2.22. The number of anilines is 1. The van der Waals surface area contributed by atoms with Crippen LogP contribution in [0.1, 0.15) is 6.42 Å². The highest BCUT2D eigenvalue weighted by atomic mass is 79.9. The van der Waals surface area contributed by atoms with E-state index in [1.165, 1.54) is 0 Å². The molecule has 1 aromatic heterocycles. The molecule has 0 spiro atoms. The zero-order valence-electron chi connectivity index (χ0n) is 10.9. The van der Waals surface area contributed by atoms with Crippen molar-refractivity contribution < 1.29 is 0 Å². The first kappa shape index (κ1) is 16.5.